The van der Waals surface area contributed by atoms with E-state index in [2.05, 4.69) is 42.2 Å². The molecule has 1 heterocycles. The van der Waals surface area contributed by atoms with Crippen molar-refractivity contribution in [3.8, 4) is 0 Å². The minimum absolute atomic E-state index is 0.0887. The van der Waals surface area contributed by atoms with Crippen LogP contribution in [0.4, 0.5) is 5.69 Å². The molecule has 0 bridgehead atoms. The first-order valence-corrected chi connectivity index (χ1v) is 9.88. The normalized spacial score (nSPS) is 20.4. The minimum atomic E-state index is -0.0887. The maximum absolute atomic E-state index is 12.0. The van der Waals surface area contributed by atoms with Crippen LogP contribution in [0.15, 0.2) is 60.7 Å². The number of likely N-dealkylation sites (tertiary alicyclic amines) is 1. The van der Waals surface area contributed by atoms with Crippen molar-refractivity contribution in [1.29, 1.82) is 0 Å². The first-order valence-electron chi connectivity index (χ1n) is 9.88. The van der Waals surface area contributed by atoms with Gasteiger partial charge in [0.05, 0.1) is 12.3 Å². The fraction of sp³-hybridized carbons (Fsp3) is 0.435. The van der Waals surface area contributed by atoms with Gasteiger partial charge in [-0.2, -0.15) is 5.06 Å². The van der Waals surface area contributed by atoms with Gasteiger partial charge in [0.25, 0.3) is 0 Å². The Morgan fingerprint density at radius 2 is 1.78 bits per heavy atom. The molecular formula is C23H30N2O2. The first-order chi connectivity index (χ1) is 13.1. The molecule has 2 aromatic rings. The van der Waals surface area contributed by atoms with E-state index in [0.29, 0.717) is 18.4 Å². The molecule has 0 saturated carbocycles. The second-order valence-corrected chi connectivity index (χ2v) is 7.51. The van der Waals surface area contributed by atoms with Gasteiger partial charge in [0.1, 0.15) is 0 Å². The molecule has 1 amide bonds. The number of hydroxylamine groups is 1. The SMILES string of the molecule is CC(=O)N(OC[C@@H]1CCN(CCc2ccccc2)C[C@@H]1C)c1ccccc1. The van der Waals surface area contributed by atoms with Gasteiger partial charge in [0.2, 0.25) is 5.91 Å². The standard InChI is InChI=1S/C23H30N2O2/c1-19-17-24(15-13-21-9-5-3-6-10-21)16-14-22(19)18-27-25(20(2)26)23-11-7-4-8-12-23/h3-12,19,22H,13-18H2,1-2H3/t19-,22-/m0/s1. The average Bonchev–Trinajstić information content (AvgIpc) is 2.69. The summed E-state index contributed by atoms with van der Waals surface area (Å²) in [5, 5.41) is 1.43. The smallest absolute Gasteiger partial charge is 0.247 e. The van der Waals surface area contributed by atoms with Crippen molar-refractivity contribution < 1.29 is 9.63 Å². The second-order valence-electron chi connectivity index (χ2n) is 7.51. The number of rotatable bonds is 7. The number of carbonyl (C=O) groups is 1. The molecule has 2 aromatic carbocycles. The topological polar surface area (TPSA) is 32.8 Å². The molecule has 27 heavy (non-hydrogen) atoms. The molecule has 2 atom stereocenters. The van der Waals surface area contributed by atoms with Gasteiger partial charge in [-0.1, -0.05) is 55.5 Å². The van der Waals surface area contributed by atoms with Gasteiger partial charge in [-0.25, -0.2) is 0 Å². The molecule has 1 saturated heterocycles. The number of piperidine rings is 1. The van der Waals surface area contributed by atoms with Crippen molar-refractivity contribution in [1.82, 2.24) is 4.90 Å². The number of para-hydroxylation sites is 1. The summed E-state index contributed by atoms with van der Waals surface area (Å²) in [6.07, 6.45) is 2.21. The molecule has 1 aliphatic heterocycles. The summed E-state index contributed by atoms with van der Waals surface area (Å²) in [7, 11) is 0. The molecule has 0 N–H and O–H groups in total. The fourth-order valence-corrected chi connectivity index (χ4v) is 3.74. The molecule has 0 aliphatic carbocycles. The van der Waals surface area contributed by atoms with Crippen LogP contribution >= 0.6 is 0 Å². The molecule has 3 rings (SSSR count). The lowest BCUT2D eigenvalue weighted by Gasteiger charge is -2.37. The Labute approximate surface area is 162 Å². The number of amides is 1. The molecule has 0 radical (unpaired) electrons. The van der Waals surface area contributed by atoms with Crippen LogP contribution in [0, 0.1) is 11.8 Å². The van der Waals surface area contributed by atoms with Crippen LogP contribution in [0.1, 0.15) is 25.8 Å². The van der Waals surface area contributed by atoms with Gasteiger partial charge in [-0.05, 0) is 48.9 Å². The number of benzene rings is 2. The van der Waals surface area contributed by atoms with E-state index in [1.165, 1.54) is 10.6 Å². The molecule has 1 aliphatic rings. The van der Waals surface area contributed by atoms with E-state index in [4.69, 9.17) is 4.84 Å². The quantitative estimate of drug-likeness (QED) is 0.690. The Balaban J connectivity index is 1.47. The van der Waals surface area contributed by atoms with Gasteiger partial charge >= 0.3 is 0 Å². The third kappa shape index (κ3) is 5.65. The van der Waals surface area contributed by atoms with Crippen LogP contribution < -0.4 is 5.06 Å². The van der Waals surface area contributed by atoms with E-state index in [0.717, 1.165) is 38.2 Å². The first kappa shape index (κ1) is 19.6. The van der Waals surface area contributed by atoms with E-state index >= 15 is 0 Å². The Kier molecular flexibility index (Phi) is 7.02. The van der Waals surface area contributed by atoms with Gasteiger partial charge < -0.3 is 4.90 Å². The largest absolute Gasteiger partial charge is 0.303 e. The second kappa shape index (κ2) is 9.67. The zero-order chi connectivity index (χ0) is 19.1. The van der Waals surface area contributed by atoms with E-state index in [9.17, 15) is 4.79 Å². The van der Waals surface area contributed by atoms with E-state index in [-0.39, 0.29) is 5.91 Å². The number of hydrogen-bond donors (Lipinski definition) is 0. The summed E-state index contributed by atoms with van der Waals surface area (Å²) in [6.45, 7) is 7.71. The van der Waals surface area contributed by atoms with Crippen LogP contribution in [-0.4, -0.2) is 37.0 Å². The summed E-state index contributed by atoms with van der Waals surface area (Å²) in [5.41, 5.74) is 2.19. The van der Waals surface area contributed by atoms with E-state index in [1.807, 2.05) is 30.3 Å². The van der Waals surface area contributed by atoms with Crippen molar-refractivity contribution in [2.24, 2.45) is 11.8 Å². The third-order valence-corrected chi connectivity index (χ3v) is 5.42. The fourth-order valence-electron chi connectivity index (χ4n) is 3.74. The highest BCUT2D eigenvalue weighted by Crippen LogP contribution is 2.25. The zero-order valence-corrected chi connectivity index (χ0v) is 16.4. The maximum Gasteiger partial charge on any atom is 0.247 e. The van der Waals surface area contributed by atoms with Crippen LogP contribution in [0.25, 0.3) is 0 Å². The lowest BCUT2D eigenvalue weighted by Crippen LogP contribution is -2.43. The molecule has 4 nitrogen and oxygen atoms in total. The van der Waals surface area contributed by atoms with Crippen molar-refractivity contribution in [3.63, 3.8) is 0 Å². The minimum Gasteiger partial charge on any atom is -0.303 e. The van der Waals surface area contributed by atoms with E-state index < -0.39 is 0 Å². The summed E-state index contributed by atoms with van der Waals surface area (Å²) in [4.78, 5) is 20.4. The molecular weight excluding hydrogens is 336 g/mol. The third-order valence-electron chi connectivity index (χ3n) is 5.42. The molecule has 0 aromatic heterocycles. The number of anilines is 1. The maximum atomic E-state index is 12.0. The highest BCUT2D eigenvalue weighted by Gasteiger charge is 2.27. The zero-order valence-electron chi connectivity index (χ0n) is 16.4. The monoisotopic (exact) mass is 366 g/mol. The van der Waals surface area contributed by atoms with Crippen LogP contribution in [0.5, 0.6) is 0 Å². The molecule has 0 unspecified atom stereocenters. The van der Waals surface area contributed by atoms with Gasteiger partial charge in [-0.3, -0.25) is 9.63 Å². The molecule has 4 heteroatoms. The lowest BCUT2D eigenvalue weighted by molar-refractivity contribution is -0.125. The number of nitrogens with zero attached hydrogens (tertiary/aromatic N) is 2. The Morgan fingerprint density at radius 3 is 2.41 bits per heavy atom. The van der Waals surface area contributed by atoms with Crippen molar-refractivity contribution in [3.05, 3.63) is 66.2 Å². The van der Waals surface area contributed by atoms with Gasteiger partial charge in [0.15, 0.2) is 0 Å². The van der Waals surface area contributed by atoms with Crippen molar-refractivity contribution in [2.45, 2.75) is 26.7 Å². The predicted octanol–water partition coefficient (Wildman–Crippen LogP) is 4.17. The lowest BCUT2D eigenvalue weighted by atomic mass is 9.87. The molecule has 1 fully saturated rings. The van der Waals surface area contributed by atoms with Crippen LogP contribution in [0.3, 0.4) is 0 Å². The summed E-state index contributed by atoms with van der Waals surface area (Å²) < 4.78 is 0. The average molecular weight is 367 g/mol. The summed E-state index contributed by atoms with van der Waals surface area (Å²) in [6, 6.07) is 20.3. The molecule has 0 spiro atoms. The molecule has 144 valence electrons. The Hall–Kier alpha value is -2.17. The predicted molar refractivity (Wildman–Crippen MR) is 109 cm³/mol. The van der Waals surface area contributed by atoms with E-state index in [1.54, 1.807) is 6.92 Å². The summed E-state index contributed by atoms with van der Waals surface area (Å²) in [5.74, 6) is 0.941. The van der Waals surface area contributed by atoms with Gasteiger partial charge in [-0.15, -0.1) is 0 Å². The Morgan fingerprint density at radius 1 is 1.11 bits per heavy atom. The van der Waals surface area contributed by atoms with Crippen molar-refractivity contribution in [2.75, 3.05) is 31.3 Å². The van der Waals surface area contributed by atoms with Gasteiger partial charge in [0, 0.05) is 20.0 Å². The Bertz CT molecular complexity index is 705. The highest BCUT2D eigenvalue weighted by molar-refractivity contribution is 5.89. The van der Waals surface area contributed by atoms with Crippen molar-refractivity contribution >= 4 is 11.6 Å². The number of carbonyl (C=O) groups excluding carboxylic acids is 1. The van der Waals surface area contributed by atoms with Crippen LogP contribution in [-0.2, 0) is 16.1 Å². The number of hydrogen-bond acceptors (Lipinski definition) is 3. The highest BCUT2D eigenvalue weighted by atomic mass is 16.7. The van der Waals surface area contributed by atoms with Crippen LogP contribution in [0.2, 0.25) is 0 Å². The summed E-state index contributed by atoms with van der Waals surface area (Å²) >= 11 is 0.